The molecule has 0 aromatic heterocycles. The molecule has 0 heterocycles. The van der Waals surface area contributed by atoms with Crippen molar-refractivity contribution < 1.29 is 28.6 Å². The first kappa shape index (κ1) is 67.6. The summed E-state index contributed by atoms with van der Waals surface area (Å²) in [6.45, 7) is 6.67. The van der Waals surface area contributed by atoms with E-state index in [1.54, 1.807) is 0 Å². The molecule has 0 aliphatic rings. The Labute approximate surface area is 435 Å². The number of carbonyl (C=O) groups excluding carboxylic acids is 3. The number of hydrogen-bond acceptors (Lipinski definition) is 6. The lowest BCUT2D eigenvalue weighted by molar-refractivity contribution is -0.167. The van der Waals surface area contributed by atoms with Crippen LogP contribution in [-0.2, 0) is 28.6 Å². The Morgan fingerprint density at radius 1 is 0.286 bits per heavy atom. The van der Waals surface area contributed by atoms with E-state index in [0.717, 1.165) is 83.5 Å². The summed E-state index contributed by atoms with van der Waals surface area (Å²) < 4.78 is 16.9. The summed E-state index contributed by atoms with van der Waals surface area (Å²) in [5.74, 6) is -0.879. The predicted octanol–water partition coefficient (Wildman–Crippen LogP) is 20.8. The van der Waals surface area contributed by atoms with E-state index in [9.17, 15) is 14.4 Å². The minimum absolute atomic E-state index is 0.0766. The van der Waals surface area contributed by atoms with Crippen molar-refractivity contribution >= 4 is 17.9 Å². The predicted molar refractivity (Wildman–Crippen MR) is 302 cm³/mol. The summed E-state index contributed by atoms with van der Waals surface area (Å²) in [5.41, 5.74) is 0. The fourth-order valence-corrected chi connectivity index (χ4v) is 9.20. The topological polar surface area (TPSA) is 78.9 Å². The van der Waals surface area contributed by atoms with Gasteiger partial charge in [0.2, 0.25) is 0 Å². The quantitative estimate of drug-likeness (QED) is 0.0199. The largest absolute Gasteiger partial charge is 0.462 e. The molecule has 0 amide bonds. The van der Waals surface area contributed by atoms with Crippen LogP contribution in [0.2, 0.25) is 0 Å². The summed E-state index contributed by atoms with van der Waals surface area (Å²) in [4.78, 5) is 38.3. The average molecular weight is 984 g/mol. The van der Waals surface area contributed by atoms with Crippen LogP contribution < -0.4 is 0 Å². The second-order valence-electron chi connectivity index (χ2n) is 21.0. The van der Waals surface area contributed by atoms with E-state index < -0.39 is 6.10 Å². The van der Waals surface area contributed by atoms with Crippen molar-refractivity contribution in [3.63, 3.8) is 0 Å². The van der Waals surface area contributed by atoms with Crippen LogP contribution >= 0.6 is 0 Å². The molecule has 410 valence electrons. The molecule has 0 spiro atoms. The zero-order chi connectivity index (χ0) is 50.7. The lowest BCUT2D eigenvalue weighted by Crippen LogP contribution is -2.30. The molecule has 0 rings (SSSR count). The standard InChI is InChI=1S/C64H118O6/c1-4-7-10-13-16-19-22-25-28-31-33-36-39-42-45-48-51-54-57-63(66)69-60-61(59-68-62(65)56-53-50-47-44-41-38-35-30-27-24-21-18-15-12-9-6-3)70-64(67)58-55-52-49-46-43-40-37-34-32-29-26-23-20-17-14-11-8-5-2/h28,31,33-34,36-37,61H,4-27,29-30,32,35,38-60H2,1-3H3/b31-28-,36-33-,37-34-. The van der Waals surface area contributed by atoms with Crippen LogP contribution in [0.5, 0.6) is 0 Å². The Bertz CT molecular complexity index is 1170. The number of carbonyl (C=O) groups is 3. The summed E-state index contributed by atoms with van der Waals surface area (Å²) in [6.07, 6.45) is 71.4. The highest BCUT2D eigenvalue weighted by molar-refractivity contribution is 5.71. The summed E-state index contributed by atoms with van der Waals surface area (Å²) >= 11 is 0. The first-order chi connectivity index (χ1) is 34.5. The number of allylic oxidation sites excluding steroid dienone is 6. The molecule has 0 aromatic carbocycles. The Morgan fingerprint density at radius 3 is 0.800 bits per heavy atom. The third kappa shape index (κ3) is 56.5. The van der Waals surface area contributed by atoms with Crippen molar-refractivity contribution in [2.75, 3.05) is 13.2 Å². The van der Waals surface area contributed by atoms with Gasteiger partial charge in [-0.2, -0.15) is 0 Å². The van der Waals surface area contributed by atoms with Crippen LogP contribution in [0.15, 0.2) is 36.5 Å². The molecular weight excluding hydrogens is 865 g/mol. The Balaban J connectivity index is 4.38. The van der Waals surface area contributed by atoms with Crippen molar-refractivity contribution in [2.24, 2.45) is 0 Å². The van der Waals surface area contributed by atoms with E-state index in [4.69, 9.17) is 14.2 Å². The molecule has 70 heavy (non-hydrogen) atoms. The molecule has 6 nitrogen and oxygen atoms in total. The van der Waals surface area contributed by atoms with Crippen molar-refractivity contribution in [3.8, 4) is 0 Å². The molecule has 0 radical (unpaired) electrons. The van der Waals surface area contributed by atoms with E-state index in [0.29, 0.717) is 19.3 Å². The average Bonchev–Trinajstić information content (AvgIpc) is 3.36. The lowest BCUT2D eigenvalue weighted by atomic mass is 10.0. The van der Waals surface area contributed by atoms with E-state index in [1.807, 2.05) is 0 Å². The molecule has 0 aromatic rings. The minimum Gasteiger partial charge on any atom is -0.462 e. The van der Waals surface area contributed by atoms with Crippen LogP contribution in [0.25, 0.3) is 0 Å². The van der Waals surface area contributed by atoms with Crippen LogP contribution in [0.4, 0.5) is 0 Å². The fraction of sp³-hybridized carbons (Fsp3) is 0.859. The first-order valence-corrected chi connectivity index (χ1v) is 31.0. The second-order valence-corrected chi connectivity index (χ2v) is 21.0. The van der Waals surface area contributed by atoms with E-state index in [-0.39, 0.29) is 31.1 Å². The van der Waals surface area contributed by atoms with Gasteiger partial charge in [0.05, 0.1) is 0 Å². The van der Waals surface area contributed by atoms with Gasteiger partial charge in [0.15, 0.2) is 6.10 Å². The van der Waals surface area contributed by atoms with E-state index in [1.165, 1.54) is 212 Å². The molecule has 0 aliphatic heterocycles. The van der Waals surface area contributed by atoms with Crippen LogP contribution in [0.3, 0.4) is 0 Å². The lowest BCUT2D eigenvalue weighted by Gasteiger charge is -2.18. The maximum absolute atomic E-state index is 12.9. The highest BCUT2D eigenvalue weighted by Gasteiger charge is 2.19. The Morgan fingerprint density at radius 2 is 0.514 bits per heavy atom. The third-order valence-corrected chi connectivity index (χ3v) is 13.9. The molecule has 1 atom stereocenters. The number of ether oxygens (including phenoxy) is 3. The van der Waals surface area contributed by atoms with Gasteiger partial charge in [-0.05, 0) is 70.6 Å². The molecule has 0 bridgehead atoms. The van der Waals surface area contributed by atoms with Crippen LogP contribution in [0, 0.1) is 0 Å². The molecule has 6 heteroatoms. The van der Waals surface area contributed by atoms with Crippen molar-refractivity contribution in [1.29, 1.82) is 0 Å². The Hall–Kier alpha value is -2.37. The molecule has 0 N–H and O–H groups in total. The normalized spacial score (nSPS) is 12.2. The minimum atomic E-state index is -0.781. The van der Waals surface area contributed by atoms with Crippen LogP contribution in [-0.4, -0.2) is 37.2 Å². The van der Waals surface area contributed by atoms with E-state index >= 15 is 0 Å². The molecule has 0 saturated carbocycles. The maximum atomic E-state index is 12.9. The summed E-state index contributed by atoms with van der Waals surface area (Å²) in [6, 6.07) is 0. The van der Waals surface area contributed by atoms with Gasteiger partial charge in [-0.15, -0.1) is 0 Å². The number of hydrogen-bond donors (Lipinski definition) is 0. The Kier molecular flexibility index (Phi) is 57.2. The smallest absolute Gasteiger partial charge is 0.306 e. The SMILES string of the molecule is CCCCCCCCC/C=C\C=C/CCCCCCCC(=O)OCC(COC(=O)CCCCCCCCCCCCCCCCCC)OC(=O)CCCCCCC/C=C\CCCCCCCCCCC. The van der Waals surface area contributed by atoms with Crippen LogP contribution in [0.1, 0.15) is 335 Å². The van der Waals surface area contributed by atoms with Crippen molar-refractivity contribution in [3.05, 3.63) is 36.5 Å². The molecule has 0 saturated heterocycles. The van der Waals surface area contributed by atoms with E-state index in [2.05, 4.69) is 57.2 Å². The number of esters is 3. The van der Waals surface area contributed by atoms with Gasteiger partial charge in [-0.1, -0.05) is 282 Å². The monoisotopic (exact) mass is 983 g/mol. The van der Waals surface area contributed by atoms with Gasteiger partial charge in [0, 0.05) is 19.3 Å². The first-order valence-electron chi connectivity index (χ1n) is 31.0. The van der Waals surface area contributed by atoms with Gasteiger partial charge < -0.3 is 14.2 Å². The van der Waals surface area contributed by atoms with Gasteiger partial charge in [0.1, 0.15) is 13.2 Å². The zero-order valence-corrected chi connectivity index (χ0v) is 47.1. The maximum Gasteiger partial charge on any atom is 0.306 e. The second kappa shape index (κ2) is 59.2. The fourth-order valence-electron chi connectivity index (χ4n) is 9.20. The molecular formula is C64H118O6. The number of rotatable bonds is 57. The number of unbranched alkanes of at least 4 members (excludes halogenated alkanes) is 41. The van der Waals surface area contributed by atoms with Gasteiger partial charge >= 0.3 is 17.9 Å². The highest BCUT2D eigenvalue weighted by atomic mass is 16.6. The zero-order valence-electron chi connectivity index (χ0n) is 47.1. The summed E-state index contributed by atoms with van der Waals surface area (Å²) in [5, 5.41) is 0. The van der Waals surface area contributed by atoms with Gasteiger partial charge in [0.25, 0.3) is 0 Å². The third-order valence-electron chi connectivity index (χ3n) is 13.9. The molecule has 0 aliphatic carbocycles. The van der Waals surface area contributed by atoms with Crippen molar-refractivity contribution in [1.82, 2.24) is 0 Å². The molecule has 1 unspecified atom stereocenters. The summed E-state index contributed by atoms with van der Waals surface area (Å²) in [7, 11) is 0. The highest BCUT2D eigenvalue weighted by Crippen LogP contribution is 2.17. The van der Waals surface area contributed by atoms with Gasteiger partial charge in [-0.25, -0.2) is 0 Å². The molecule has 0 fully saturated rings. The van der Waals surface area contributed by atoms with Gasteiger partial charge in [-0.3, -0.25) is 14.4 Å². The van der Waals surface area contributed by atoms with Crippen molar-refractivity contribution in [2.45, 2.75) is 341 Å².